The van der Waals surface area contributed by atoms with E-state index in [-0.39, 0.29) is 13.1 Å². The smallest absolute Gasteiger partial charge is 0.241 e. The predicted octanol–water partition coefficient (Wildman–Crippen LogP) is 3.08. The molecule has 0 radical (unpaired) electrons. The fraction of sp³-hybridized carbons (Fsp3) is 0.188. The number of nitrogens with zero attached hydrogens (tertiary/aromatic N) is 1. The van der Waals surface area contributed by atoms with Crippen LogP contribution in [0.1, 0.15) is 5.56 Å². The van der Waals surface area contributed by atoms with Gasteiger partial charge in [0.2, 0.25) is 15.9 Å². The average Bonchev–Trinajstić information content (AvgIpc) is 2.51. The van der Waals surface area contributed by atoms with E-state index in [1.165, 1.54) is 0 Å². The van der Waals surface area contributed by atoms with Gasteiger partial charge in [-0.15, -0.1) is 0 Å². The Bertz CT molecular complexity index is 826. The van der Waals surface area contributed by atoms with Crippen LogP contribution in [-0.4, -0.2) is 27.1 Å². The number of rotatable bonds is 6. The monoisotopic (exact) mass is 386 g/mol. The Balaban J connectivity index is 2.06. The highest BCUT2D eigenvalue weighted by atomic mass is 35.5. The molecule has 0 spiro atoms. The molecule has 0 atom stereocenters. The molecule has 5 nitrogen and oxygen atoms in total. The summed E-state index contributed by atoms with van der Waals surface area (Å²) in [5.41, 5.74) is 1.12. The van der Waals surface area contributed by atoms with E-state index in [4.69, 9.17) is 23.2 Å². The van der Waals surface area contributed by atoms with Crippen LogP contribution in [0.25, 0.3) is 0 Å². The van der Waals surface area contributed by atoms with E-state index in [9.17, 15) is 13.2 Å². The fourth-order valence-corrected chi connectivity index (χ4v) is 3.37. The predicted molar refractivity (Wildman–Crippen MR) is 96.9 cm³/mol. The molecule has 0 aromatic heterocycles. The molecule has 0 aliphatic heterocycles. The number of para-hydroxylation sites is 1. The Hall–Kier alpha value is -1.76. The van der Waals surface area contributed by atoms with Crippen LogP contribution < -0.4 is 9.62 Å². The first-order chi connectivity index (χ1) is 11.3. The zero-order valence-electron chi connectivity index (χ0n) is 12.9. The summed E-state index contributed by atoms with van der Waals surface area (Å²) in [6.07, 6.45) is 1.06. The van der Waals surface area contributed by atoms with Crippen LogP contribution in [0.3, 0.4) is 0 Å². The van der Waals surface area contributed by atoms with Gasteiger partial charge in [0.25, 0.3) is 0 Å². The van der Waals surface area contributed by atoms with E-state index in [1.54, 1.807) is 48.5 Å². The van der Waals surface area contributed by atoms with Crippen LogP contribution in [0, 0.1) is 0 Å². The van der Waals surface area contributed by atoms with Gasteiger partial charge in [-0.2, -0.15) is 0 Å². The molecule has 1 amide bonds. The quantitative estimate of drug-likeness (QED) is 0.829. The van der Waals surface area contributed by atoms with Crippen molar-refractivity contribution in [2.24, 2.45) is 0 Å². The van der Waals surface area contributed by atoms with Gasteiger partial charge in [-0.25, -0.2) is 8.42 Å². The summed E-state index contributed by atoms with van der Waals surface area (Å²) >= 11 is 11.9. The Kier molecular flexibility index (Phi) is 6.10. The number of hydrogen-bond donors (Lipinski definition) is 1. The van der Waals surface area contributed by atoms with E-state index in [1.807, 2.05) is 0 Å². The number of carbonyl (C=O) groups excluding carboxylic acids is 1. The maximum atomic E-state index is 12.1. The molecule has 0 unspecified atom stereocenters. The average molecular weight is 387 g/mol. The molecule has 0 bridgehead atoms. The number of carbonyl (C=O) groups is 1. The van der Waals surface area contributed by atoms with Crippen molar-refractivity contribution in [3.8, 4) is 0 Å². The second kappa shape index (κ2) is 7.88. The molecule has 0 fully saturated rings. The van der Waals surface area contributed by atoms with Crippen molar-refractivity contribution in [1.82, 2.24) is 5.32 Å². The van der Waals surface area contributed by atoms with Crippen LogP contribution >= 0.6 is 23.2 Å². The van der Waals surface area contributed by atoms with Gasteiger partial charge in [0.1, 0.15) is 6.54 Å². The van der Waals surface area contributed by atoms with E-state index in [0.29, 0.717) is 21.3 Å². The summed E-state index contributed by atoms with van der Waals surface area (Å²) in [5, 5.41) is 3.60. The summed E-state index contributed by atoms with van der Waals surface area (Å²) in [6.45, 7) is -0.130. The molecule has 1 N–H and O–H groups in total. The van der Waals surface area contributed by atoms with Gasteiger partial charge < -0.3 is 5.32 Å². The lowest BCUT2D eigenvalue weighted by molar-refractivity contribution is -0.119. The number of benzene rings is 2. The Morgan fingerprint density at radius 2 is 1.79 bits per heavy atom. The van der Waals surface area contributed by atoms with Crippen molar-refractivity contribution in [3.63, 3.8) is 0 Å². The number of halogens is 2. The molecular weight excluding hydrogens is 371 g/mol. The minimum atomic E-state index is -3.58. The van der Waals surface area contributed by atoms with E-state index in [0.717, 1.165) is 10.6 Å². The topological polar surface area (TPSA) is 66.5 Å². The molecule has 2 aromatic rings. The number of hydrogen-bond acceptors (Lipinski definition) is 3. The number of amides is 1. The maximum Gasteiger partial charge on any atom is 0.241 e. The molecule has 0 aliphatic rings. The third-order valence-electron chi connectivity index (χ3n) is 3.22. The van der Waals surface area contributed by atoms with E-state index >= 15 is 0 Å². The van der Waals surface area contributed by atoms with Crippen LogP contribution in [0.15, 0.2) is 48.5 Å². The molecule has 24 heavy (non-hydrogen) atoms. The molecule has 0 heterocycles. The van der Waals surface area contributed by atoms with Crippen LogP contribution in [0.5, 0.6) is 0 Å². The molecular formula is C16H16Cl2N2O3S. The van der Waals surface area contributed by atoms with Crippen molar-refractivity contribution in [2.75, 3.05) is 17.1 Å². The highest BCUT2D eigenvalue weighted by molar-refractivity contribution is 7.92. The van der Waals surface area contributed by atoms with Gasteiger partial charge in [-0.1, -0.05) is 47.5 Å². The lowest BCUT2D eigenvalue weighted by Gasteiger charge is -2.21. The van der Waals surface area contributed by atoms with Crippen molar-refractivity contribution in [3.05, 3.63) is 64.1 Å². The molecule has 2 aromatic carbocycles. The SMILES string of the molecule is CS(=O)(=O)N(CC(=O)NCc1ccc(Cl)cc1Cl)c1ccccc1. The van der Waals surface area contributed by atoms with Crippen molar-refractivity contribution >= 4 is 44.8 Å². The van der Waals surface area contributed by atoms with E-state index in [2.05, 4.69) is 5.32 Å². The highest BCUT2D eigenvalue weighted by Gasteiger charge is 2.20. The zero-order valence-corrected chi connectivity index (χ0v) is 15.2. The Labute approximate surface area is 151 Å². The number of anilines is 1. The van der Waals surface area contributed by atoms with E-state index < -0.39 is 15.9 Å². The highest BCUT2D eigenvalue weighted by Crippen LogP contribution is 2.21. The summed E-state index contributed by atoms with van der Waals surface area (Å²) in [6, 6.07) is 13.4. The fourth-order valence-electron chi connectivity index (χ4n) is 2.04. The third kappa shape index (κ3) is 5.12. The second-order valence-electron chi connectivity index (χ2n) is 5.12. The summed E-state index contributed by atoms with van der Waals surface area (Å²) in [4.78, 5) is 12.1. The molecule has 0 saturated carbocycles. The lowest BCUT2D eigenvalue weighted by atomic mass is 10.2. The largest absolute Gasteiger partial charge is 0.350 e. The molecule has 0 aliphatic carbocycles. The summed E-state index contributed by atoms with van der Waals surface area (Å²) in [5.74, 6) is -0.435. The van der Waals surface area contributed by atoms with Gasteiger partial charge in [0, 0.05) is 16.6 Å². The van der Waals surface area contributed by atoms with Crippen LogP contribution in [0.2, 0.25) is 10.0 Å². The minimum absolute atomic E-state index is 0.182. The lowest BCUT2D eigenvalue weighted by Crippen LogP contribution is -2.40. The van der Waals surface area contributed by atoms with Crippen molar-refractivity contribution < 1.29 is 13.2 Å². The maximum absolute atomic E-state index is 12.1. The third-order valence-corrected chi connectivity index (χ3v) is 4.95. The van der Waals surface area contributed by atoms with Gasteiger partial charge in [0.15, 0.2) is 0 Å². The molecule has 8 heteroatoms. The second-order valence-corrected chi connectivity index (χ2v) is 7.87. The first-order valence-electron chi connectivity index (χ1n) is 7.01. The standard InChI is InChI=1S/C16H16Cl2N2O3S/c1-24(22,23)20(14-5-3-2-4-6-14)11-16(21)19-10-12-7-8-13(17)9-15(12)18/h2-9H,10-11H2,1H3,(H,19,21). The zero-order chi connectivity index (χ0) is 17.7. The Morgan fingerprint density at radius 1 is 1.12 bits per heavy atom. The first-order valence-corrected chi connectivity index (χ1v) is 9.61. The number of nitrogens with one attached hydrogen (secondary N) is 1. The summed E-state index contributed by atoms with van der Waals surface area (Å²) < 4.78 is 24.9. The Morgan fingerprint density at radius 3 is 2.38 bits per heavy atom. The van der Waals surface area contributed by atoms with Gasteiger partial charge in [-0.05, 0) is 29.8 Å². The van der Waals surface area contributed by atoms with Gasteiger partial charge in [0.05, 0.1) is 11.9 Å². The van der Waals surface area contributed by atoms with Crippen LogP contribution in [0.4, 0.5) is 5.69 Å². The first kappa shape index (κ1) is 18.6. The number of sulfonamides is 1. The van der Waals surface area contributed by atoms with Crippen molar-refractivity contribution in [1.29, 1.82) is 0 Å². The van der Waals surface area contributed by atoms with Crippen molar-refractivity contribution in [2.45, 2.75) is 6.54 Å². The van der Waals surface area contributed by atoms with Gasteiger partial charge in [-0.3, -0.25) is 9.10 Å². The molecule has 128 valence electrons. The molecule has 2 rings (SSSR count). The summed E-state index contributed by atoms with van der Waals surface area (Å²) in [7, 11) is -3.58. The van der Waals surface area contributed by atoms with Gasteiger partial charge >= 0.3 is 0 Å². The van der Waals surface area contributed by atoms with Crippen LogP contribution in [-0.2, 0) is 21.4 Å². The normalized spacial score (nSPS) is 11.1. The molecule has 0 saturated heterocycles. The minimum Gasteiger partial charge on any atom is -0.350 e.